The van der Waals surface area contributed by atoms with Gasteiger partial charge in [-0.05, 0) is 69.7 Å². The Hall–Kier alpha value is -4.87. The minimum atomic E-state index is -1.08. The maximum atomic E-state index is 15.0. The van der Waals surface area contributed by atoms with Gasteiger partial charge in [-0.2, -0.15) is 0 Å². The number of ketones is 1. The number of primary amides is 1. The molecule has 238 valence electrons. The van der Waals surface area contributed by atoms with Crippen LogP contribution in [0, 0.1) is 18.6 Å². The highest BCUT2D eigenvalue weighted by atomic mass is 35.5. The van der Waals surface area contributed by atoms with Gasteiger partial charge in [0.05, 0.1) is 28.2 Å². The van der Waals surface area contributed by atoms with E-state index in [0.29, 0.717) is 39.6 Å². The third kappa shape index (κ3) is 6.42. The van der Waals surface area contributed by atoms with Crippen LogP contribution in [0.15, 0.2) is 60.8 Å². The lowest BCUT2D eigenvalue weighted by Crippen LogP contribution is -2.35. The third-order valence-electron chi connectivity index (χ3n) is 7.51. The summed E-state index contributed by atoms with van der Waals surface area (Å²) >= 11 is 6.92. The van der Waals surface area contributed by atoms with Crippen molar-refractivity contribution in [3.63, 3.8) is 0 Å². The van der Waals surface area contributed by atoms with E-state index in [0.717, 1.165) is 23.2 Å². The number of benzene rings is 2. The summed E-state index contributed by atoms with van der Waals surface area (Å²) in [4.78, 5) is 41.9. The number of pyridine rings is 1. The Bertz CT molecular complexity index is 2050. The number of amides is 2. The SMILES string of the molecule is Cc1cc2c(nc(CC(N)=O)n2C)c(Cl)c1-c1cccn2c(C(=O)c3cc(F)c(NC(=O)/C=C/CNC(C)(C)C)c(F)c3)ccc12. The molecule has 0 aliphatic carbocycles. The topological polar surface area (TPSA) is 124 Å². The molecule has 0 fully saturated rings. The minimum absolute atomic E-state index is 0.0450. The van der Waals surface area contributed by atoms with E-state index < -0.39 is 34.9 Å². The number of nitrogens with two attached hydrogens (primary N) is 1. The third-order valence-corrected chi connectivity index (χ3v) is 7.87. The fourth-order valence-electron chi connectivity index (χ4n) is 5.30. The smallest absolute Gasteiger partial charge is 0.248 e. The maximum Gasteiger partial charge on any atom is 0.248 e. The fourth-order valence-corrected chi connectivity index (χ4v) is 5.69. The van der Waals surface area contributed by atoms with Gasteiger partial charge in [0.25, 0.3) is 0 Å². The highest BCUT2D eigenvalue weighted by molar-refractivity contribution is 6.38. The zero-order chi connectivity index (χ0) is 33.5. The van der Waals surface area contributed by atoms with E-state index in [1.165, 1.54) is 6.08 Å². The van der Waals surface area contributed by atoms with Crippen molar-refractivity contribution in [1.29, 1.82) is 0 Å². The van der Waals surface area contributed by atoms with E-state index in [2.05, 4.69) is 15.6 Å². The minimum Gasteiger partial charge on any atom is -0.369 e. The molecule has 5 aromatic rings. The normalized spacial score (nSPS) is 12.0. The first-order valence-corrected chi connectivity index (χ1v) is 14.8. The number of rotatable bonds is 9. The predicted octanol–water partition coefficient (Wildman–Crippen LogP) is 5.87. The van der Waals surface area contributed by atoms with Crippen LogP contribution >= 0.6 is 11.6 Å². The second-order valence-electron chi connectivity index (χ2n) is 12.0. The molecule has 0 aliphatic heterocycles. The van der Waals surface area contributed by atoms with Gasteiger partial charge in [0.2, 0.25) is 17.6 Å². The van der Waals surface area contributed by atoms with Gasteiger partial charge in [-0.15, -0.1) is 0 Å². The van der Waals surface area contributed by atoms with Crippen LogP contribution in [0.2, 0.25) is 5.02 Å². The van der Waals surface area contributed by atoms with E-state index in [1.807, 2.05) is 39.8 Å². The molecule has 46 heavy (non-hydrogen) atoms. The largest absolute Gasteiger partial charge is 0.369 e. The summed E-state index contributed by atoms with van der Waals surface area (Å²) in [6, 6.07) is 10.6. The number of aromatic nitrogens is 3. The number of nitrogens with zero attached hydrogens (tertiary/aromatic N) is 3. The van der Waals surface area contributed by atoms with Crippen molar-refractivity contribution in [3.8, 4) is 11.1 Å². The van der Waals surface area contributed by atoms with Crippen molar-refractivity contribution in [2.75, 3.05) is 11.9 Å². The second-order valence-corrected chi connectivity index (χ2v) is 12.4. The summed E-state index contributed by atoms with van der Waals surface area (Å²) in [5, 5.41) is 5.74. The van der Waals surface area contributed by atoms with Crippen LogP contribution in [-0.2, 0) is 23.1 Å². The van der Waals surface area contributed by atoms with Crippen molar-refractivity contribution < 1.29 is 23.2 Å². The molecule has 0 saturated heterocycles. The molecule has 2 amide bonds. The highest BCUT2D eigenvalue weighted by Crippen LogP contribution is 2.39. The van der Waals surface area contributed by atoms with Crippen LogP contribution < -0.4 is 16.4 Å². The van der Waals surface area contributed by atoms with Crippen LogP contribution in [0.1, 0.15) is 48.2 Å². The number of hydrogen-bond acceptors (Lipinski definition) is 5. The maximum absolute atomic E-state index is 15.0. The second kappa shape index (κ2) is 12.5. The number of carbonyl (C=O) groups is 3. The highest BCUT2D eigenvalue weighted by Gasteiger charge is 2.23. The van der Waals surface area contributed by atoms with Gasteiger partial charge in [-0.3, -0.25) is 14.4 Å². The monoisotopic (exact) mass is 646 g/mol. The first-order valence-electron chi connectivity index (χ1n) is 14.5. The Morgan fingerprint density at radius 2 is 1.76 bits per heavy atom. The Kier molecular flexibility index (Phi) is 8.83. The molecular weight excluding hydrogens is 614 g/mol. The quantitative estimate of drug-likeness (QED) is 0.136. The number of imidazole rings is 1. The van der Waals surface area contributed by atoms with Crippen molar-refractivity contribution in [2.24, 2.45) is 12.8 Å². The fraction of sp³-hybridized carbons (Fsp3) is 0.235. The number of nitrogens with one attached hydrogen (secondary N) is 2. The van der Waals surface area contributed by atoms with E-state index in [1.54, 1.807) is 46.5 Å². The lowest BCUT2D eigenvalue weighted by Gasteiger charge is -2.18. The van der Waals surface area contributed by atoms with E-state index in [9.17, 15) is 14.4 Å². The molecule has 0 radical (unpaired) electrons. The van der Waals surface area contributed by atoms with Gasteiger partial charge in [-0.25, -0.2) is 13.8 Å². The first-order chi connectivity index (χ1) is 21.7. The molecule has 0 unspecified atom stereocenters. The first kappa shape index (κ1) is 32.5. The van der Waals surface area contributed by atoms with Crippen molar-refractivity contribution in [3.05, 3.63) is 100 Å². The van der Waals surface area contributed by atoms with Crippen molar-refractivity contribution in [2.45, 2.75) is 39.7 Å². The number of hydrogen-bond donors (Lipinski definition) is 3. The van der Waals surface area contributed by atoms with Crippen molar-refractivity contribution in [1.82, 2.24) is 19.3 Å². The Labute approximate surface area is 269 Å². The summed E-state index contributed by atoms with van der Waals surface area (Å²) in [7, 11) is 1.78. The molecule has 0 atom stereocenters. The molecule has 0 saturated carbocycles. The number of fused-ring (bicyclic) bond motifs is 2. The predicted molar refractivity (Wildman–Crippen MR) is 175 cm³/mol. The van der Waals surface area contributed by atoms with E-state index in [-0.39, 0.29) is 23.2 Å². The molecule has 0 spiro atoms. The summed E-state index contributed by atoms with van der Waals surface area (Å²) in [6.45, 7) is 8.19. The van der Waals surface area contributed by atoms with E-state index in [4.69, 9.17) is 17.3 Å². The van der Waals surface area contributed by atoms with Crippen LogP contribution in [0.25, 0.3) is 27.7 Å². The lowest BCUT2D eigenvalue weighted by molar-refractivity contribution is -0.117. The molecule has 4 N–H and O–H groups in total. The molecule has 0 aliphatic rings. The summed E-state index contributed by atoms with van der Waals surface area (Å²) in [5.74, 6) is -3.54. The Morgan fingerprint density at radius 1 is 1.07 bits per heavy atom. The molecule has 3 aromatic heterocycles. The average Bonchev–Trinajstić information content (AvgIpc) is 3.54. The molecule has 3 heterocycles. The van der Waals surface area contributed by atoms with Crippen LogP contribution in [-0.4, -0.2) is 43.6 Å². The number of aryl methyl sites for hydroxylation is 2. The Balaban J connectivity index is 1.46. The van der Waals surface area contributed by atoms with Gasteiger partial charge < -0.3 is 25.3 Å². The van der Waals surface area contributed by atoms with Crippen molar-refractivity contribution >= 4 is 51.4 Å². The van der Waals surface area contributed by atoms with Gasteiger partial charge in [0, 0.05) is 48.1 Å². The Morgan fingerprint density at radius 3 is 2.41 bits per heavy atom. The molecule has 5 rings (SSSR count). The molecule has 12 heteroatoms. The van der Waals surface area contributed by atoms with Crippen LogP contribution in [0.3, 0.4) is 0 Å². The van der Waals surface area contributed by atoms with Gasteiger partial charge in [0.15, 0.2) is 0 Å². The summed E-state index contributed by atoms with van der Waals surface area (Å²) < 4.78 is 33.5. The van der Waals surface area contributed by atoms with Gasteiger partial charge in [-0.1, -0.05) is 23.7 Å². The van der Waals surface area contributed by atoms with Gasteiger partial charge >= 0.3 is 0 Å². The zero-order valence-electron chi connectivity index (χ0n) is 26.0. The standard InChI is InChI=1S/C34H33ClF2N6O3/c1-18-14-25-32(40-27(42(25)5)17-26(38)44)30(35)29(18)20-8-7-13-43-23(20)10-11-24(43)33(46)19-15-21(36)31(22(37)16-19)41-28(45)9-6-12-39-34(2,3)4/h6-11,13-16,39H,12,17H2,1-5H3,(H2,38,44)(H,41,45)/b9-6+. The molecule has 0 bridgehead atoms. The molecular formula is C34H33ClF2N6O3. The zero-order valence-corrected chi connectivity index (χ0v) is 26.7. The van der Waals surface area contributed by atoms with Crippen LogP contribution in [0.4, 0.5) is 14.5 Å². The lowest BCUT2D eigenvalue weighted by atomic mass is 9.99. The van der Waals surface area contributed by atoms with E-state index >= 15 is 8.78 Å². The number of anilines is 1. The number of carbonyl (C=O) groups excluding carboxylic acids is 3. The molecule has 9 nitrogen and oxygen atoms in total. The van der Waals surface area contributed by atoms with Crippen LogP contribution in [0.5, 0.6) is 0 Å². The molecule has 2 aromatic carbocycles. The van der Waals surface area contributed by atoms with Gasteiger partial charge in [0.1, 0.15) is 28.7 Å². The summed E-state index contributed by atoms with van der Waals surface area (Å²) in [6.07, 6.45) is 4.35. The summed E-state index contributed by atoms with van der Waals surface area (Å²) in [5.41, 5.74) is 8.60. The average molecular weight is 647 g/mol. The number of halogens is 3.